The maximum Gasteiger partial charge on any atom is 0.317 e. The molecule has 3 amide bonds. The Balaban J connectivity index is 1.45. The summed E-state index contributed by atoms with van der Waals surface area (Å²) in [5, 5.41) is 2.94. The van der Waals surface area contributed by atoms with Crippen LogP contribution in [-0.4, -0.2) is 72.7 Å². The molecule has 0 spiro atoms. The standard InChI is InChI=1S/C18H26N4O3/c23-17(21-10-12-25-13-11-21)15-4-3-9-22(14-15)18(24)20-8-6-16-5-1-2-7-19-16/h1-2,5,7,15H,3-4,6,8-14H2,(H,20,24)/t15-/m0/s1. The Morgan fingerprint density at radius 3 is 2.80 bits per heavy atom. The molecule has 3 heterocycles. The van der Waals surface area contributed by atoms with E-state index in [1.165, 1.54) is 0 Å². The highest BCUT2D eigenvalue weighted by Gasteiger charge is 2.31. The van der Waals surface area contributed by atoms with Crippen LogP contribution in [0.3, 0.4) is 0 Å². The van der Waals surface area contributed by atoms with E-state index in [1.54, 1.807) is 11.1 Å². The fourth-order valence-electron chi connectivity index (χ4n) is 3.36. The Hall–Kier alpha value is -2.15. The van der Waals surface area contributed by atoms with Crippen LogP contribution in [0.2, 0.25) is 0 Å². The molecule has 0 unspecified atom stereocenters. The quantitative estimate of drug-likeness (QED) is 0.879. The molecular weight excluding hydrogens is 320 g/mol. The van der Waals surface area contributed by atoms with E-state index < -0.39 is 0 Å². The first-order chi connectivity index (χ1) is 12.2. The molecule has 136 valence electrons. The Kier molecular flexibility index (Phi) is 6.22. The van der Waals surface area contributed by atoms with Crippen LogP contribution in [0.5, 0.6) is 0 Å². The van der Waals surface area contributed by atoms with Crippen LogP contribution >= 0.6 is 0 Å². The first kappa shape index (κ1) is 17.7. The summed E-state index contributed by atoms with van der Waals surface area (Å²) in [6, 6.07) is 5.68. The van der Waals surface area contributed by atoms with Crippen molar-refractivity contribution in [1.82, 2.24) is 20.1 Å². The fourth-order valence-corrected chi connectivity index (χ4v) is 3.36. The van der Waals surface area contributed by atoms with Crippen LogP contribution in [-0.2, 0) is 16.0 Å². The third-order valence-corrected chi connectivity index (χ3v) is 4.76. The number of hydrogen-bond donors (Lipinski definition) is 1. The van der Waals surface area contributed by atoms with Crippen LogP contribution in [0.25, 0.3) is 0 Å². The van der Waals surface area contributed by atoms with Crippen molar-refractivity contribution in [2.45, 2.75) is 19.3 Å². The minimum absolute atomic E-state index is 0.0876. The summed E-state index contributed by atoms with van der Waals surface area (Å²) in [6.45, 7) is 4.30. The van der Waals surface area contributed by atoms with Crippen molar-refractivity contribution >= 4 is 11.9 Å². The summed E-state index contributed by atoms with van der Waals surface area (Å²) >= 11 is 0. The Labute approximate surface area is 148 Å². The molecule has 0 saturated carbocycles. The van der Waals surface area contributed by atoms with Gasteiger partial charge in [0.2, 0.25) is 5.91 Å². The number of carbonyl (C=O) groups excluding carboxylic acids is 2. The van der Waals surface area contributed by atoms with Crippen molar-refractivity contribution in [2.24, 2.45) is 5.92 Å². The predicted molar refractivity (Wildman–Crippen MR) is 93.0 cm³/mol. The van der Waals surface area contributed by atoms with E-state index in [-0.39, 0.29) is 17.9 Å². The molecule has 2 aliphatic heterocycles. The fraction of sp³-hybridized carbons (Fsp3) is 0.611. The number of carbonyl (C=O) groups is 2. The molecule has 1 N–H and O–H groups in total. The monoisotopic (exact) mass is 346 g/mol. The summed E-state index contributed by atoms with van der Waals surface area (Å²) < 4.78 is 5.30. The van der Waals surface area contributed by atoms with Crippen molar-refractivity contribution in [3.05, 3.63) is 30.1 Å². The summed E-state index contributed by atoms with van der Waals surface area (Å²) in [5.74, 6) is 0.0719. The van der Waals surface area contributed by atoms with Crippen LogP contribution < -0.4 is 5.32 Å². The van der Waals surface area contributed by atoms with Crippen molar-refractivity contribution in [3.63, 3.8) is 0 Å². The molecule has 7 nitrogen and oxygen atoms in total. The lowest BCUT2D eigenvalue weighted by Gasteiger charge is -2.36. The third kappa shape index (κ3) is 4.92. The van der Waals surface area contributed by atoms with Gasteiger partial charge in [-0.3, -0.25) is 9.78 Å². The molecule has 2 aliphatic rings. The van der Waals surface area contributed by atoms with Crippen LogP contribution in [0.15, 0.2) is 24.4 Å². The predicted octanol–water partition coefficient (Wildman–Crippen LogP) is 0.904. The number of piperidine rings is 1. The number of hydrogen-bond acceptors (Lipinski definition) is 4. The van der Waals surface area contributed by atoms with E-state index in [9.17, 15) is 9.59 Å². The van der Waals surface area contributed by atoms with E-state index in [1.807, 2.05) is 23.1 Å². The number of morpholine rings is 1. The normalized spacial score (nSPS) is 21.0. The summed E-state index contributed by atoms with van der Waals surface area (Å²) in [4.78, 5) is 32.9. The SMILES string of the molecule is O=C(NCCc1ccccn1)N1CCC[C@H](C(=O)N2CCOCC2)C1. The van der Waals surface area contributed by atoms with Gasteiger partial charge in [-0.05, 0) is 25.0 Å². The summed E-state index contributed by atoms with van der Waals surface area (Å²) in [7, 11) is 0. The average molecular weight is 346 g/mol. The lowest BCUT2D eigenvalue weighted by atomic mass is 9.96. The Morgan fingerprint density at radius 2 is 2.04 bits per heavy atom. The molecule has 1 aromatic heterocycles. The molecule has 1 atom stereocenters. The van der Waals surface area contributed by atoms with Gasteiger partial charge >= 0.3 is 6.03 Å². The van der Waals surface area contributed by atoms with Crippen molar-refractivity contribution < 1.29 is 14.3 Å². The van der Waals surface area contributed by atoms with Gasteiger partial charge in [-0.15, -0.1) is 0 Å². The second-order valence-electron chi connectivity index (χ2n) is 6.53. The first-order valence-corrected chi connectivity index (χ1v) is 9.03. The molecule has 0 aliphatic carbocycles. The zero-order valence-electron chi connectivity index (χ0n) is 14.5. The molecule has 0 radical (unpaired) electrons. The largest absolute Gasteiger partial charge is 0.378 e. The molecule has 0 aromatic carbocycles. The van der Waals surface area contributed by atoms with Crippen molar-refractivity contribution in [1.29, 1.82) is 0 Å². The topological polar surface area (TPSA) is 74.8 Å². The van der Waals surface area contributed by atoms with E-state index in [0.717, 1.165) is 18.5 Å². The molecule has 2 fully saturated rings. The summed E-state index contributed by atoms with van der Waals surface area (Å²) in [6.07, 6.45) is 4.18. The van der Waals surface area contributed by atoms with Gasteiger partial charge in [-0.2, -0.15) is 0 Å². The Bertz CT molecular complexity index is 575. The van der Waals surface area contributed by atoms with Gasteiger partial charge in [-0.1, -0.05) is 6.07 Å². The second kappa shape index (κ2) is 8.80. The van der Waals surface area contributed by atoms with E-state index in [2.05, 4.69) is 10.3 Å². The number of pyridine rings is 1. The molecule has 2 saturated heterocycles. The van der Waals surface area contributed by atoms with Gasteiger partial charge in [0.05, 0.1) is 19.1 Å². The molecule has 25 heavy (non-hydrogen) atoms. The smallest absolute Gasteiger partial charge is 0.317 e. The number of amides is 3. The number of likely N-dealkylation sites (tertiary alicyclic amines) is 1. The molecule has 0 bridgehead atoms. The Morgan fingerprint density at radius 1 is 1.20 bits per heavy atom. The number of ether oxygens (including phenoxy) is 1. The highest BCUT2D eigenvalue weighted by atomic mass is 16.5. The lowest BCUT2D eigenvalue weighted by Crippen LogP contribution is -2.51. The highest BCUT2D eigenvalue weighted by molar-refractivity contribution is 5.81. The van der Waals surface area contributed by atoms with E-state index >= 15 is 0 Å². The van der Waals surface area contributed by atoms with Gasteiger partial charge in [0, 0.05) is 51.0 Å². The third-order valence-electron chi connectivity index (χ3n) is 4.76. The van der Waals surface area contributed by atoms with Gasteiger partial charge in [0.15, 0.2) is 0 Å². The van der Waals surface area contributed by atoms with Gasteiger partial charge in [-0.25, -0.2) is 4.79 Å². The molecule has 7 heteroatoms. The minimum Gasteiger partial charge on any atom is -0.378 e. The van der Waals surface area contributed by atoms with Gasteiger partial charge in [0.25, 0.3) is 0 Å². The van der Waals surface area contributed by atoms with Crippen molar-refractivity contribution in [2.75, 3.05) is 45.9 Å². The summed E-state index contributed by atoms with van der Waals surface area (Å²) in [5.41, 5.74) is 0.960. The van der Waals surface area contributed by atoms with Crippen molar-refractivity contribution in [3.8, 4) is 0 Å². The van der Waals surface area contributed by atoms with E-state index in [0.29, 0.717) is 52.4 Å². The number of nitrogens with one attached hydrogen (secondary N) is 1. The second-order valence-corrected chi connectivity index (χ2v) is 6.53. The number of nitrogens with zero attached hydrogens (tertiary/aromatic N) is 3. The lowest BCUT2D eigenvalue weighted by molar-refractivity contribution is -0.141. The zero-order valence-corrected chi connectivity index (χ0v) is 14.5. The molecule has 3 rings (SSSR count). The van der Waals surface area contributed by atoms with Gasteiger partial charge < -0.3 is 19.9 Å². The van der Waals surface area contributed by atoms with Crippen LogP contribution in [0.4, 0.5) is 4.79 Å². The van der Waals surface area contributed by atoms with Crippen LogP contribution in [0.1, 0.15) is 18.5 Å². The van der Waals surface area contributed by atoms with Gasteiger partial charge in [0.1, 0.15) is 0 Å². The zero-order chi connectivity index (χ0) is 17.5. The minimum atomic E-state index is -0.0895. The first-order valence-electron chi connectivity index (χ1n) is 9.03. The number of aromatic nitrogens is 1. The molecule has 1 aromatic rings. The average Bonchev–Trinajstić information content (AvgIpc) is 2.69. The number of rotatable bonds is 4. The maximum absolute atomic E-state index is 12.6. The molecular formula is C18H26N4O3. The highest BCUT2D eigenvalue weighted by Crippen LogP contribution is 2.19. The van der Waals surface area contributed by atoms with E-state index in [4.69, 9.17) is 4.74 Å². The van der Waals surface area contributed by atoms with Crippen LogP contribution in [0, 0.1) is 5.92 Å². The maximum atomic E-state index is 12.6. The number of urea groups is 1.